The van der Waals surface area contributed by atoms with E-state index < -0.39 is 0 Å². The Bertz CT molecular complexity index is 754. The first-order chi connectivity index (χ1) is 13.4. The second-order valence-electron chi connectivity index (χ2n) is 8.61. The van der Waals surface area contributed by atoms with Gasteiger partial charge in [0.2, 0.25) is 0 Å². The van der Waals surface area contributed by atoms with Crippen LogP contribution in [0.15, 0.2) is 42.5 Å². The molecule has 0 amide bonds. The van der Waals surface area contributed by atoms with Crippen LogP contribution in [-0.4, -0.2) is 30.6 Å². The van der Waals surface area contributed by atoms with Gasteiger partial charge in [0.05, 0.1) is 6.61 Å². The van der Waals surface area contributed by atoms with Crippen LogP contribution in [0, 0.1) is 5.82 Å². The molecule has 0 spiro atoms. The smallest absolute Gasteiger partial charge is 0.126 e. The summed E-state index contributed by atoms with van der Waals surface area (Å²) in [5.41, 5.74) is 3.45. The Kier molecular flexibility index (Phi) is 7.12. The van der Waals surface area contributed by atoms with E-state index >= 15 is 0 Å². The Morgan fingerprint density at radius 1 is 1.07 bits per heavy atom. The lowest BCUT2D eigenvalue weighted by Crippen LogP contribution is -2.39. The maximum absolute atomic E-state index is 13.8. The molecule has 2 aromatic carbocycles. The lowest BCUT2D eigenvalue weighted by Gasteiger charge is -2.35. The second kappa shape index (κ2) is 9.56. The van der Waals surface area contributed by atoms with Gasteiger partial charge in [-0.25, -0.2) is 4.39 Å². The fourth-order valence-electron chi connectivity index (χ4n) is 4.04. The van der Waals surface area contributed by atoms with Crippen LogP contribution in [0.5, 0.6) is 5.75 Å². The Labute approximate surface area is 169 Å². The molecule has 3 rings (SSSR count). The van der Waals surface area contributed by atoms with Gasteiger partial charge in [-0.2, -0.15) is 0 Å². The Morgan fingerprint density at radius 2 is 1.82 bits per heavy atom. The molecule has 1 fully saturated rings. The van der Waals surface area contributed by atoms with Crippen molar-refractivity contribution in [3.05, 3.63) is 65.0 Å². The van der Waals surface area contributed by atoms with Crippen molar-refractivity contribution in [2.75, 3.05) is 19.7 Å². The van der Waals surface area contributed by atoms with Crippen molar-refractivity contribution < 1.29 is 9.13 Å². The molecule has 2 nitrogen and oxygen atoms in total. The Morgan fingerprint density at radius 3 is 2.50 bits per heavy atom. The molecule has 1 unspecified atom stereocenters. The summed E-state index contributed by atoms with van der Waals surface area (Å²) in [6, 6.07) is 14.7. The highest BCUT2D eigenvalue weighted by molar-refractivity contribution is 5.32. The van der Waals surface area contributed by atoms with Crippen molar-refractivity contribution in [1.82, 2.24) is 4.90 Å². The second-order valence-corrected chi connectivity index (χ2v) is 8.61. The van der Waals surface area contributed by atoms with Crippen LogP contribution in [0.3, 0.4) is 0 Å². The van der Waals surface area contributed by atoms with Crippen LogP contribution >= 0.6 is 0 Å². The first-order valence-corrected chi connectivity index (χ1v) is 10.7. The largest absolute Gasteiger partial charge is 0.493 e. The van der Waals surface area contributed by atoms with E-state index in [9.17, 15) is 4.39 Å². The molecule has 1 heterocycles. The van der Waals surface area contributed by atoms with Gasteiger partial charge in [0.1, 0.15) is 11.6 Å². The third-order valence-corrected chi connectivity index (χ3v) is 5.88. The maximum Gasteiger partial charge on any atom is 0.126 e. The summed E-state index contributed by atoms with van der Waals surface area (Å²) in [4.78, 5) is 2.59. The molecule has 1 aliphatic rings. The van der Waals surface area contributed by atoms with E-state index in [0.717, 1.165) is 12.2 Å². The average molecular weight is 384 g/mol. The van der Waals surface area contributed by atoms with E-state index in [1.807, 2.05) is 19.9 Å². The number of ether oxygens (including phenoxy) is 1. The fourth-order valence-corrected chi connectivity index (χ4v) is 4.04. The summed E-state index contributed by atoms with van der Waals surface area (Å²) in [5, 5.41) is 0. The zero-order valence-corrected chi connectivity index (χ0v) is 17.7. The van der Waals surface area contributed by atoms with E-state index in [0.29, 0.717) is 24.1 Å². The van der Waals surface area contributed by atoms with E-state index in [-0.39, 0.29) is 11.7 Å². The summed E-state index contributed by atoms with van der Waals surface area (Å²) in [6.45, 7) is 11.6. The van der Waals surface area contributed by atoms with Crippen LogP contribution in [0.25, 0.3) is 0 Å². The van der Waals surface area contributed by atoms with Crippen molar-refractivity contribution in [3.8, 4) is 5.75 Å². The molecule has 1 aliphatic heterocycles. The minimum atomic E-state index is -0.156. The molecule has 2 aromatic rings. The van der Waals surface area contributed by atoms with E-state index in [1.165, 1.54) is 43.1 Å². The highest BCUT2D eigenvalue weighted by Gasteiger charge is 2.22. The summed E-state index contributed by atoms with van der Waals surface area (Å²) in [7, 11) is 0. The van der Waals surface area contributed by atoms with Gasteiger partial charge in [-0.3, -0.25) is 0 Å². The molecular formula is C25H34FNO. The zero-order chi connectivity index (χ0) is 20.1. The number of nitrogens with zero attached hydrogens (tertiary/aromatic N) is 1. The number of halogens is 1. The number of rotatable bonds is 7. The predicted molar refractivity (Wildman–Crippen MR) is 115 cm³/mol. The number of likely N-dealkylation sites (tertiary alicyclic amines) is 1. The van der Waals surface area contributed by atoms with Crippen molar-refractivity contribution in [3.63, 3.8) is 0 Å². The number of benzene rings is 2. The van der Waals surface area contributed by atoms with Gasteiger partial charge in [0.15, 0.2) is 0 Å². The average Bonchev–Trinajstić information content (AvgIpc) is 2.69. The lowest BCUT2D eigenvalue weighted by molar-refractivity contribution is 0.167. The minimum Gasteiger partial charge on any atom is -0.493 e. The maximum atomic E-state index is 13.8. The molecule has 0 bridgehead atoms. The third kappa shape index (κ3) is 5.35. The van der Waals surface area contributed by atoms with Crippen LogP contribution < -0.4 is 4.74 Å². The van der Waals surface area contributed by atoms with E-state index in [2.05, 4.69) is 43.0 Å². The van der Waals surface area contributed by atoms with Crippen LogP contribution in [0.4, 0.5) is 4.39 Å². The molecular weight excluding hydrogens is 349 g/mol. The molecule has 28 heavy (non-hydrogen) atoms. The van der Waals surface area contributed by atoms with Crippen molar-refractivity contribution >= 4 is 0 Å². The quantitative estimate of drug-likeness (QED) is 0.568. The molecule has 0 saturated carbocycles. The van der Waals surface area contributed by atoms with Gasteiger partial charge in [-0.05, 0) is 80.0 Å². The van der Waals surface area contributed by atoms with Gasteiger partial charge in [-0.15, -0.1) is 0 Å². The van der Waals surface area contributed by atoms with E-state index in [1.54, 1.807) is 6.07 Å². The summed E-state index contributed by atoms with van der Waals surface area (Å²) < 4.78 is 19.7. The van der Waals surface area contributed by atoms with Gasteiger partial charge in [0, 0.05) is 19.0 Å². The van der Waals surface area contributed by atoms with Gasteiger partial charge in [0.25, 0.3) is 0 Å². The molecule has 152 valence electrons. The zero-order valence-electron chi connectivity index (χ0n) is 17.7. The fraction of sp³-hybridized carbons (Fsp3) is 0.520. The van der Waals surface area contributed by atoms with E-state index in [4.69, 9.17) is 4.74 Å². The Hall–Kier alpha value is -1.87. The molecule has 0 radical (unpaired) electrons. The first-order valence-electron chi connectivity index (χ1n) is 10.7. The number of hydrogen-bond acceptors (Lipinski definition) is 2. The molecule has 3 heteroatoms. The summed E-state index contributed by atoms with van der Waals surface area (Å²) in [5.74, 6) is 1.40. The number of hydrogen-bond donors (Lipinski definition) is 0. The molecule has 0 aromatic heterocycles. The normalized spacial score (nSPS) is 18.0. The van der Waals surface area contributed by atoms with Crippen molar-refractivity contribution in [2.45, 2.75) is 64.8 Å². The standard InChI is InChI=1S/C25H34FNO/c1-18(2)24-16-23(11-12-25(24)26)28-15-13-20-7-9-21(10-8-20)22-6-5-14-27(17-22)19(3)4/h7-12,16,18-19,22H,5-6,13-15,17H2,1-4H3. The monoisotopic (exact) mass is 383 g/mol. The highest BCUT2D eigenvalue weighted by atomic mass is 19.1. The third-order valence-electron chi connectivity index (χ3n) is 5.88. The van der Waals surface area contributed by atoms with Gasteiger partial charge >= 0.3 is 0 Å². The van der Waals surface area contributed by atoms with Crippen molar-refractivity contribution in [2.24, 2.45) is 0 Å². The van der Waals surface area contributed by atoms with Gasteiger partial charge < -0.3 is 9.64 Å². The molecule has 0 N–H and O–H groups in total. The summed E-state index contributed by atoms with van der Waals surface area (Å²) >= 11 is 0. The molecule has 1 saturated heterocycles. The van der Waals surface area contributed by atoms with Crippen LogP contribution in [0.1, 0.15) is 69.1 Å². The topological polar surface area (TPSA) is 12.5 Å². The number of piperidine rings is 1. The lowest BCUT2D eigenvalue weighted by atomic mass is 9.89. The van der Waals surface area contributed by atoms with Gasteiger partial charge in [-0.1, -0.05) is 38.1 Å². The Balaban J connectivity index is 1.53. The predicted octanol–water partition coefficient (Wildman–Crippen LogP) is 6.16. The molecule has 0 aliphatic carbocycles. The SMILES string of the molecule is CC(C)c1cc(OCCc2ccc(C3CCCN(C(C)C)C3)cc2)ccc1F. The highest BCUT2D eigenvalue weighted by Crippen LogP contribution is 2.28. The van der Waals surface area contributed by atoms with Crippen LogP contribution in [-0.2, 0) is 6.42 Å². The molecule has 1 atom stereocenters. The summed E-state index contributed by atoms with van der Waals surface area (Å²) in [6.07, 6.45) is 3.43. The minimum absolute atomic E-state index is 0.155. The van der Waals surface area contributed by atoms with Crippen molar-refractivity contribution in [1.29, 1.82) is 0 Å². The first kappa shape index (κ1) is 20.9. The van der Waals surface area contributed by atoms with Crippen LogP contribution in [0.2, 0.25) is 0 Å².